The molecule has 0 heterocycles. The standard InChI is InChI=1S/C16H26NO4PS2/c1-5-8-13-9-6-7-10-14(13)17(11-12-20-22(19,23)24)15(18)21-16(2,3)4/h6-7,9-10H,5,8,11-12H2,1-4H3,(H2,19,23,24). The monoisotopic (exact) mass is 391 g/mol. The van der Waals surface area contributed by atoms with Gasteiger partial charge in [0.1, 0.15) is 5.60 Å². The number of amides is 1. The Morgan fingerprint density at radius 2 is 2.00 bits per heavy atom. The molecule has 1 atom stereocenters. The third-order valence-electron chi connectivity index (χ3n) is 2.99. The highest BCUT2D eigenvalue weighted by molar-refractivity contribution is 8.59. The molecule has 0 aromatic heterocycles. The smallest absolute Gasteiger partial charge is 0.414 e. The van der Waals surface area contributed by atoms with Gasteiger partial charge in [-0.3, -0.25) is 4.90 Å². The van der Waals surface area contributed by atoms with Crippen LogP contribution in [0.15, 0.2) is 24.3 Å². The number of thiol groups is 1. The summed E-state index contributed by atoms with van der Waals surface area (Å²) in [6.07, 6.45) is 1.35. The highest BCUT2D eigenvalue weighted by Crippen LogP contribution is 2.47. The first-order valence-electron chi connectivity index (χ1n) is 7.82. The zero-order valence-corrected chi connectivity index (χ0v) is 17.2. The van der Waals surface area contributed by atoms with Crippen LogP contribution in [0.25, 0.3) is 0 Å². The molecule has 0 fully saturated rings. The van der Waals surface area contributed by atoms with Crippen molar-refractivity contribution in [1.82, 2.24) is 0 Å². The Balaban J connectivity index is 3.04. The number of rotatable bonds is 7. The molecule has 0 saturated carbocycles. The van der Waals surface area contributed by atoms with Gasteiger partial charge in [0.05, 0.1) is 18.8 Å². The third-order valence-corrected chi connectivity index (χ3v) is 4.17. The first kappa shape index (κ1) is 21.5. The minimum atomic E-state index is -3.06. The van der Waals surface area contributed by atoms with E-state index in [2.05, 4.69) is 19.2 Å². The van der Waals surface area contributed by atoms with Crippen molar-refractivity contribution in [2.24, 2.45) is 0 Å². The summed E-state index contributed by atoms with van der Waals surface area (Å²) in [6, 6.07) is 7.69. The lowest BCUT2D eigenvalue weighted by atomic mass is 10.1. The van der Waals surface area contributed by atoms with Crippen molar-refractivity contribution in [3.63, 3.8) is 0 Å². The Morgan fingerprint density at radius 1 is 1.38 bits per heavy atom. The van der Waals surface area contributed by atoms with Crippen molar-refractivity contribution < 1.29 is 18.9 Å². The summed E-state index contributed by atoms with van der Waals surface area (Å²) in [4.78, 5) is 23.6. The Bertz CT molecular complexity index is 598. The van der Waals surface area contributed by atoms with Gasteiger partial charge in [0, 0.05) is 0 Å². The van der Waals surface area contributed by atoms with Crippen molar-refractivity contribution in [1.29, 1.82) is 0 Å². The van der Waals surface area contributed by atoms with Gasteiger partial charge < -0.3 is 14.2 Å². The van der Waals surface area contributed by atoms with Gasteiger partial charge in [-0.05, 0) is 50.6 Å². The second-order valence-electron chi connectivity index (χ2n) is 6.33. The Kier molecular flexibility index (Phi) is 8.23. The lowest BCUT2D eigenvalue weighted by molar-refractivity contribution is 0.0575. The molecular formula is C16H26NO4PS2. The molecule has 0 bridgehead atoms. The van der Waals surface area contributed by atoms with Crippen LogP contribution in [0.1, 0.15) is 39.7 Å². The molecule has 0 spiro atoms. The zero-order valence-electron chi connectivity index (χ0n) is 14.6. The number of carbonyl (C=O) groups is 1. The van der Waals surface area contributed by atoms with Crippen LogP contribution >= 0.6 is 17.9 Å². The van der Waals surface area contributed by atoms with Gasteiger partial charge in [-0.15, -0.1) is 0 Å². The highest BCUT2D eigenvalue weighted by Gasteiger charge is 2.25. The Hall–Kier alpha value is -0.590. The van der Waals surface area contributed by atoms with E-state index < -0.39 is 17.4 Å². The van der Waals surface area contributed by atoms with Gasteiger partial charge in [-0.1, -0.05) is 43.8 Å². The van der Waals surface area contributed by atoms with Crippen LogP contribution in [-0.2, 0) is 27.5 Å². The summed E-state index contributed by atoms with van der Waals surface area (Å²) < 4.78 is 10.7. The van der Waals surface area contributed by atoms with Gasteiger partial charge in [0.15, 0.2) is 0 Å². The number of anilines is 1. The summed E-state index contributed by atoms with van der Waals surface area (Å²) in [5, 5.41) is 0. The van der Waals surface area contributed by atoms with Crippen molar-refractivity contribution in [3.8, 4) is 0 Å². The number of nitrogens with zero attached hydrogens (tertiary/aromatic N) is 1. The fourth-order valence-electron chi connectivity index (χ4n) is 2.13. The van der Waals surface area contributed by atoms with Gasteiger partial charge in [0.2, 0.25) is 5.69 Å². The largest absolute Gasteiger partial charge is 0.443 e. The lowest BCUT2D eigenvalue weighted by Gasteiger charge is -2.29. The normalized spacial score (nSPS) is 14.1. The molecule has 1 rings (SSSR count). The highest BCUT2D eigenvalue weighted by atomic mass is 32.9. The van der Waals surface area contributed by atoms with E-state index in [0.717, 1.165) is 24.1 Å². The van der Waals surface area contributed by atoms with E-state index in [1.807, 2.05) is 45.0 Å². The average molecular weight is 391 g/mol. The van der Waals surface area contributed by atoms with Crippen LogP contribution < -0.4 is 4.90 Å². The summed E-state index contributed by atoms with van der Waals surface area (Å²) in [5.41, 5.74) is -1.83. The molecule has 1 unspecified atom stereocenters. The number of hydrogen-bond acceptors (Lipinski definition) is 4. The van der Waals surface area contributed by atoms with E-state index >= 15 is 0 Å². The maximum Gasteiger partial charge on any atom is 0.414 e. The SMILES string of the molecule is CCCc1ccccc1N(CCOP(O)(=S)S)C(=O)OC(C)(C)C. The van der Waals surface area contributed by atoms with Crippen molar-refractivity contribution >= 4 is 41.5 Å². The van der Waals surface area contributed by atoms with E-state index in [-0.39, 0.29) is 13.2 Å². The molecule has 0 radical (unpaired) electrons. The number of carbonyl (C=O) groups excluding carboxylic acids is 1. The minimum Gasteiger partial charge on any atom is -0.443 e. The van der Waals surface area contributed by atoms with Crippen molar-refractivity contribution in [2.45, 2.75) is 46.1 Å². The van der Waals surface area contributed by atoms with Crippen LogP contribution in [-0.4, -0.2) is 29.7 Å². The number of benzene rings is 1. The van der Waals surface area contributed by atoms with E-state index in [9.17, 15) is 9.69 Å². The van der Waals surface area contributed by atoms with Gasteiger partial charge in [-0.2, -0.15) is 0 Å². The van der Waals surface area contributed by atoms with E-state index in [0.29, 0.717) is 0 Å². The Labute approximate surface area is 154 Å². The van der Waals surface area contributed by atoms with E-state index in [4.69, 9.17) is 21.1 Å². The van der Waals surface area contributed by atoms with E-state index in [1.165, 1.54) is 4.90 Å². The lowest BCUT2D eigenvalue weighted by Crippen LogP contribution is -2.39. The summed E-state index contributed by atoms with van der Waals surface area (Å²) in [7, 11) is 0. The topological polar surface area (TPSA) is 59.0 Å². The molecule has 0 aliphatic carbocycles. The summed E-state index contributed by atoms with van der Waals surface area (Å²) in [6.45, 7) is 7.84. The molecule has 1 amide bonds. The third kappa shape index (κ3) is 7.99. The molecule has 136 valence electrons. The summed E-state index contributed by atoms with van der Waals surface area (Å²) in [5.74, 6) is 0. The van der Waals surface area contributed by atoms with Crippen LogP contribution in [0.3, 0.4) is 0 Å². The van der Waals surface area contributed by atoms with Crippen molar-refractivity contribution in [2.75, 3.05) is 18.1 Å². The predicted octanol–water partition coefficient (Wildman–Crippen LogP) is 4.54. The van der Waals surface area contributed by atoms with Crippen LogP contribution in [0, 0.1) is 0 Å². The molecule has 1 aromatic carbocycles. The van der Waals surface area contributed by atoms with E-state index in [1.54, 1.807) is 0 Å². The number of aryl methyl sites for hydroxylation is 1. The number of hydrogen-bond donors (Lipinski definition) is 2. The predicted molar refractivity (Wildman–Crippen MR) is 105 cm³/mol. The minimum absolute atomic E-state index is 0.0803. The van der Waals surface area contributed by atoms with Crippen molar-refractivity contribution in [3.05, 3.63) is 29.8 Å². The van der Waals surface area contributed by atoms with Crippen LogP contribution in [0.4, 0.5) is 10.5 Å². The number of ether oxygens (including phenoxy) is 1. The van der Waals surface area contributed by atoms with Gasteiger partial charge in [-0.25, -0.2) is 4.79 Å². The maximum absolute atomic E-state index is 12.6. The van der Waals surface area contributed by atoms with Gasteiger partial charge in [0.25, 0.3) is 0 Å². The molecule has 0 saturated heterocycles. The first-order chi connectivity index (χ1) is 11.0. The molecule has 8 heteroatoms. The molecule has 1 aromatic rings. The zero-order chi connectivity index (χ0) is 18.4. The first-order valence-corrected chi connectivity index (χ1v) is 11.6. The average Bonchev–Trinajstić information content (AvgIpc) is 2.42. The van der Waals surface area contributed by atoms with Crippen LogP contribution in [0.5, 0.6) is 0 Å². The fraction of sp³-hybridized carbons (Fsp3) is 0.562. The maximum atomic E-state index is 12.6. The molecule has 24 heavy (non-hydrogen) atoms. The molecule has 0 aliphatic heterocycles. The molecule has 1 N–H and O–H groups in total. The second kappa shape index (κ2) is 9.20. The quantitative estimate of drug-likeness (QED) is 0.528. The molecule has 5 nitrogen and oxygen atoms in total. The van der Waals surface area contributed by atoms with Crippen LogP contribution in [0.2, 0.25) is 0 Å². The fourth-order valence-corrected chi connectivity index (χ4v) is 2.92. The Morgan fingerprint density at radius 3 is 2.54 bits per heavy atom. The molecule has 0 aliphatic rings. The summed E-state index contributed by atoms with van der Waals surface area (Å²) >= 11 is 8.59. The molecular weight excluding hydrogens is 365 g/mol. The number of para-hydroxylation sites is 1. The second-order valence-corrected chi connectivity index (χ2v) is 11.5. The van der Waals surface area contributed by atoms with Gasteiger partial charge >= 0.3 is 6.09 Å².